The van der Waals surface area contributed by atoms with Gasteiger partial charge in [-0.15, -0.1) is 4.79 Å². The smallest absolute Gasteiger partial charge is 0.348 e. The second-order valence-electron chi connectivity index (χ2n) is 23.6. The average Bonchev–Trinajstić information content (AvgIpc) is 3.69. The van der Waals surface area contributed by atoms with Crippen LogP contribution in [0.3, 0.4) is 0 Å². The summed E-state index contributed by atoms with van der Waals surface area (Å²) in [6, 6.07) is 13.7. The summed E-state index contributed by atoms with van der Waals surface area (Å²) in [5.74, 6) is 17.1. The predicted molar refractivity (Wildman–Crippen MR) is 371 cm³/mol. The maximum Gasteiger partial charge on any atom is 2.00 e. The predicted octanol–water partition coefficient (Wildman–Crippen LogP) is 26.8. The molecule has 0 heterocycles. The minimum absolute atomic E-state index is 0. The van der Waals surface area contributed by atoms with Gasteiger partial charge >= 0.3 is 22.4 Å². The summed E-state index contributed by atoms with van der Waals surface area (Å²) in [7, 11) is 0. The van der Waals surface area contributed by atoms with Crippen LogP contribution >= 0.6 is 0 Å². The number of benzene rings is 2. The molecular formula is C80H130N2Ni. The first-order valence-corrected chi connectivity index (χ1v) is 35.3. The van der Waals surface area contributed by atoms with Crippen LogP contribution in [-0.2, 0) is 16.5 Å². The molecular weight excluding hydrogens is 1050 g/mol. The first kappa shape index (κ1) is 81.5. The van der Waals surface area contributed by atoms with E-state index in [1.807, 2.05) is 0 Å². The minimum Gasteiger partial charge on any atom is -0.348 e. The summed E-state index contributed by atoms with van der Waals surface area (Å²) < 4.78 is 0. The molecule has 0 N–H and O–H groups in total. The average molecular weight is 1180 g/mol. The van der Waals surface area contributed by atoms with E-state index in [-0.39, 0.29) is 16.5 Å². The van der Waals surface area contributed by atoms with E-state index in [2.05, 4.69) is 163 Å². The minimum atomic E-state index is 0. The Balaban J connectivity index is 0. The molecule has 0 aromatic heterocycles. The van der Waals surface area contributed by atoms with Gasteiger partial charge in [-0.25, -0.2) is 0 Å². The zero-order chi connectivity index (χ0) is 59.9. The molecule has 470 valence electrons. The number of unbranched alkanes of at least 4 members (excludes halogenated alkanes) is 39. The summed E-state index contributed by atoms with van der Waals surface area (Å²) >= 11 is 0. The third-order valence-corrected chi connectivity index (χ3v) is 15.4. The van der Waals surface area contributed by atoms with Gasteiger partial charge in [-0.2, -0.15) is 12.8 Å². The Bertz CT molecular complexity index is 1940. The first-order chi connectivity index (χ1) is 40.4. The van der Waals surface area contributed by atoms with Gasteiger partial charge in [-0.3, -0.25) is 0 Å². The van der Waals surface area contributed by atoms with Crippen molar-refractivity contribution in [2.45, 2.75) is 350 Å². The van der Waals surface area contributed by atoms with Crippen LogP contribution in [0.1, 0.15) is 384 Å². The molecule has 0 unspecified atom stereocenters. The van der Waals surface area contributed by atoms with Crippen LogP contribution in [0, 0.1) is 37.5 Å². The Morgan fingerprint density at radius 3 is 1.07 bits per heavy atom. The first-order valence-electron chi connectivity index (χ1n) is 35.3. The van der Waals surface area contributed by atoms with Crippen LogP contribution in [0.25, 0.3) is 23.3 Å². The Hall–Kier alpha value is -3.57. The molecule has 0 aliphatic carbocycles. The molecule has 0 spiro atoms. The van der Waals surface area contributed by atoms with Crippen molar-refractivity contribution in [3.8, 4) is 23.7 Å². The van der Waals surface area contributed by atoms with Crippen LogP contribution in [0.5, 0.6) is 0 Å². The largest absolute Gasteiger partial charge is 2.00 e. The molecule has 2 aromatic rings. The fraction of sp³-hybridized carbons (Fsp3) is 0.675. The Morgan fingerprint density at radius 2 is 0.723 bits per heavy atom. The number of nitrogens with zero attached hydrogens (tertiary/aromatic N) is 2. The van der Waals surface area contributed by atoms with Gasteiger partial charge in [0, 0.05) is 24.0 Å². The van der Waals surface area contributed by atoms with E-state index in [0.29, 0.717) is 0 Å². The number of hydrogen-bond donors (Lipinski definition) is 0. The molecule has 2 rings (SSSR count). The number of rotatable bonds is 48. The molecule has 0 aliphatic rings. The Morgan fingerprint density at radius 1 is 0.398 bits per heavy atom. The maximum atomic E-state index is 9.80. The Kier molecular flexibility index (Phi) is 64.8. The van der Waals surface area contributed by atoms with Gasteiger partial charge in [-0.1, -0.05) is 321 Å². The van der Waals surface area contributed by atoms with Gasteiger partial charge in [0.25, 0.3) is 0 Å². The summed E-state index contributed by atoms with van der Waals surface area (Å²) in [6.45, 7) is 23.4. The molecule has 0 radical (unpaired) electrons. The van der Waals surface area contributed by atoms with Gasteiger partial charge in [0.05, 0.1) is 5.57 Å². The number of allylic oxidation sites excluding steroid dienone is 4. The SMILES string of the molecule is CCCCCCCC#Cc1cc(C#CCCCCCCC)cc(C(=CC(=C=[N+]=[N-])CCCC)c2cc(C=CCCCCCCCCCC)cc(C=CCCCCCCCCCC)c2)c1.[CH2-]CCCCCCCC.[CH2-]CCCCCCCC.[Ni+2]. The molecule has 3 heteroatoms. The van der Waals surface area contributed by atoms with Crippen LogP contribution in [-0.4, -0.2) is 10.7 Å². The number of hydrogen-bond acceptors (Lipinski definition) is 0. The van der Waals surface area contributed by atoms with Crippen molar-refractivity contribution >= 4 is 23.6 Å². The topological polar surface area (TPSA) is 36.4 Å². The van der Waals surface area contributed by atoms with E-state index in [9.17, 15) is 5.53 Å². The molecule has 0 amide bonds. The molecule has 2 nitrogen and oxygen atoms in total. The third kappa shape index (κ3) is 52.5. The molecule has 83 heavy (non-hydrogen) atoms. The van der Waals surface area contributed by atoms with Crippen molar-refractivity contribution in [3.63, 3.8) is 0 Å². The van der Waals surface area contributed by atoms with Crippen LogP contribution < -0.4 is 0 Å². The molecule has 2 aromatic carbocycles. The van der Waals surface area contributed by atoms with Gasteiger partial charge in [0.2, 0.25) is 0 Å². The molecule has 0 atom stereocenters. The van der Waals surface area contributed by atoms with Crippen molar-refractivity contribution in [2.24, 2.45) is 0 Å². The van der Waals surface area contributed by atoms with E-state index < -0.39 is 0 Å². The van der Waals surface area contributed by atoms with E-state index in [4.69, 9.17) is 0 Å². The van der Waals surface area contributed by atoms with Gasteiger partial charge in [-0.05, 0) is 122 Å². The second kappa shape index (κ2) is 66.0. The van der Waals surface area contributed by atoms with Crippen LogP contribution in [0.2, 0.25) is 0 Å². The molecule has 0 fully saturated rings. The summed E-state index contributed by atoms with van der Waals surface area (Å²) in [4.78, 5) is 3.43. The van der Waals surface area contributed by atoms with Gasteiger partial charge in [0.1, 0.15) is 0 Å². The van der Waals surface area contributed by atoms with E-state index in [1.165, 1.54) is 242 Å². The fourth-order valence-electron chi connectivity index (χ4n) is 10.2. The van der Waals surface area contributed by atoms with Crippen molar-refractivity contribution in [2.75, 3.05) is 0 Å². The second-order valence-corrected chi connectivity index (χ2v) is 23.6. The van der Waals surface area contributed by atoms with Crippen molar-refractivity contribution in [3.05, 3.63) is 113 Å². The van der Waals surface area contributed by atoms with Crippen molar-refractivity contribution < 1.29 is 21.3 Å². The van der Waals surface area contributed by atoms with Crippen LogP contribution in [0.15, 0.2) is 60.2 Å². The van der Waals surface area contributed by atoms with Gasteiger partial charge < -0.3 is 19.4 Å². The van der Waals surface area contributed by atoms with E-state index in [1.54, 1.807) is 0 Å². The Labute approximate surface area is 528 Å². The van der Waals surface area contributed by atoms with Crippen molar-refractivity contribution in [1.82, 2.24) is 0 Å². The molecule has 0 aliphatic heterocycles. The van der Waals surface area contributed by atoms with E-state index >= 15 is 0 Å². The zero-order valence-electron chi connectivity index (χ0n) is 55.7. The standard InChI is InChI=1S/C62H92N2.2C9H19.Ni/c1-6-11-16-20-24-26-28-32-36-40-45-57-48-58(46-41-37-33-29-27-25-21-17-12-7-2)52-61(51-57)62(53-59(54-64-63)42-15-10-5)60-49-55(43-38-34-30-22-18-13-8-3)47-56(50-60)44-39-35-31-23-19-14-9-4;2*1-3-5-7-9-8-6-4-2;/h40-41,45-53H,6-37,42H2,1-5H3;2*1,3-9H2,2H3;/q;2*-1;+2. The summed E-state index contributed by atoms with van der Waals surface area (Å²) in [5, 5.41) is 0. The normalized spacial score (nSPS) is 10.9. The van der Waals surface area contributed by atoms with E-state index in [0.717, 1.165) is 104 Å². The fourth-order valence-corrected chi connectivity index (χ4v) is 10.2. The monoisotopic (exact) mass is 1180 g/mol. The quantitative estimate of drug-likeness (QED) is 0.00926. The molecule has 0 saturated heterocycles. The third-order valence-electron chi connectivity index (χ3n) is 15.4. The van der Waals surface area contributed by atoms with Crippen molar-refractivity contribution in [1.29, 1.82) is 0 Å². The molecule has 0 saturated carbocycles. The van der Waals surface area contributed by atoms with Crippen LogP contribution in [0.4, 0.5) is 0 Å². The van der Waals surface area contributed by atoms with Gasteiger partial charge in [0.15, 0.2) is 0 Å². The summed E-state index contributed by atoms with van der Waals surface area (Å²) in [5.41, 5.74) is 18.5. The maximum absolute atomic E-state index is 9.80. The summed E-state index contributed by atoms with van der Waals surface area (Å²) in [6.07, 6.45) is 71.2. The molecule has 0 bridgehead atoms. The zero-order valence-corrected chi connectivity index (χ0v) is 56.7.